The Labute approximate surface area is 90.5 Å². The second kappa shape index (κ2) is 5.69. The first-order chi connectivity index (χ1) is 7.09. The molecular weight excluding hydrogens is 192 g/mol. The van der Waals surface area contributed by atoms with Crippen LogP contribution in [0.4, 0.5) is 0 Å². The van der Waals surface area contributed by atoms with E-state index in [1.54, 1.807) is 6.08 Å². The smallest absolute Gasteiger partial charge is 0.321 e. The van der Waals surface area contributed by atoms with Crippen LogP contribution in [0.15, 0.2) is 12.2 Å². The molecule has 15 heavy (non-hydrogen) atoms. The highest BCUT2D eigenvalue weighted by Crippen LogP contribution is 2.17. The highest BCUT2D eigenvalue weighted by atomic mass is 16.6. The van der Waals surface area contributed by atoms with E-state index in [1.807, 2.05) is 6.08 Å². The standard InChI is InChI=1S/C12H18O3/c1-9(2)6-4-3-5-7-10-8-11(13)15-12(10)14/h5,7,9-10H,3-4,6,8H2,1-2H3. The molecule has 0 aromatic heterocycles. The minimum absolute atomic E-state index is 0.208. The lowest BCUT2D eigenvalue weighted by atomic mass is 10.0. The molecule has 1 aliphatic rings. The molecule has 1 heterocycles. The molecule has 0 aliphatic carbocycles. The largest absolute Gasteiger partial charge is 0.393 e. The molecule has 3 nitrogen and oxygen atoms in total. The van der Waals surface area contributed by atoms with Crippen molar-refractivity contribution in [3.05, 3.63) is 12.2 Å². The molecule has 0 aromatic carbocycles. The zero-order valence-electron chi connectivity index (χ0n) is 9.36. The Balaban J connectivity index is 2.20. The Morgan fingerprint density at radius 1 is 1.47 bits per heavy atom. The maximum Gasteiger partial charge on any atom is 0.321 e. The summed E-state index contributed by atoms with van der Waals surface area (Å²) in [5.41, 5.74) is 0. The van der Waals surface area contributed by atoms with Gasteiger partial charge in [0.1, 0.15) is 0 Å². The van der Waals surface area contributed by atoms with E-state index in [0.717, 1.165) is 18.8 Å². The highest BCUT2D eigenvalue weighted by Gasteiger charge is 2.30. The van der Waals surface area contributed by atoms with E-state index in [2.05, 4.69) is 18.6 Å². The summed E-state index contributed by atoms with van der Waals surface area (Å²) < 4.78 is 4.44. The lowest BCUT2D eigenvalue weighted by Crippen LogP contribution is -2.03. The van der Waals surface area contributed by atoms with E-state index in [1.165, 1.54) is 6.42 Å². The monoisotopic (exact) mass is 210 g/mol. The number of cyclic esters (lactones) is 2. The molecule has 0 amide bonds. The summed E-state index contributed by atoms with van der Waals surface area (Å²) in [6.07, 6.45) is 7.28. The molecule has 0 N–H and O–H groups in total. The van der Waals surface area contributed by atoms with Crippen LogP contribution in [-0.2, 0) is 14.3 Å². The molecule has 0 radical (unpaired) electrons. The van der Waals surface area contributed by atoms with Crippen molar-refractivity contribution in [3.63, 3.8) is 0 Å². The van der Waals surface area contributed by atoms with Crippen LogP contribution in [0.2, 0.25) is 0 Å². The fourth-order valence-electron chi connectivity index (χ4n) is 1.54. The van der Waals surface area contributed by atoms with Crippen molar-refractivity contribution in [2.45, 2.75) is 39.5 Å². The fraction of sp³-hybridized carbons (Fsp3) is 0.667. The summed E-state index contributed by atoms with van der Waals surface area (Å²) in [5, 5.41) is 0. The SMILES string of the molecule is CC(C)CCCC=CC1CC(=O)OC1=O. The summed E-state index contributed by atoms with van der Waals surface area (Å²) in [4.78, 5) is 21.8. The van der Waals surface area contributed by atoms with Gasteiger partial charge < -0.3 is 4.74 Å². The maximum absolute atomic E-state index is 11.1. The summed E-state index contributed by atoms with van der Waals surface area (Å²) in [6.45, 7) is 4.38. The van der Waals surface area contributed by atoms with Crippen LogP contribution in [0.25, 0.3) is 0 Å². The molecule has 1 saturated heterocycles. The van der Waals surface area contributed by atoms with Gasteiger partial charge in [0, 0.05) is 0 Å². The zero-order chi connectivity index (χ0) is 11.3. The van der Waals surface area contributed by atoms with Gasteiger partial charge in [0.15, 0.2) is 0 Å². The number of rotatable bonds is 5. The topological polar surface area (TPSA) is 43.4 Å². The third-order valence-electron chi connectivity index (χ3n) is 2.42. The molecule has 1 rings (SSSR count). The molecule has 0 aromatic rings. The number of allylic oxidation sites excluding steroid dienone is 1. The van der Waals surface area contributed by atoms with Crippen LogP contribution >= 0.6 is 0 Å². The van der Waals surface area contributed by atoms with Crippen molar-refractivity contribution >= 4 is 11.9 Å². The first-order valence-electron chi connectivity index (χ1n) is 5.50. The molecule has 1 unspecified atom stereocenters. The van der Waals surface area contributed by atoms with Crippen LogP contribution in [-0.4, -0.2) is 11.9 Å². The molecule has 84 valence electrons. The molecule has 1 fully saturated rings. The van der Waals surface area contributed by atoms with Crippen LogP contribution in [0.1, 0.15) is 39.5 Å². The van der Waals surface area contributed by atoms with E-state index in [9.17, 15) is 9.59 Å². The number of hydrogen-bond donors (Lipinski definition) is 0. The maximum atomic E-state index is 11.1. The van der Waals surface area contributed by atoms with E-state index in [-0.39, 0.29) is 12.3 Å². The Bertz CT molecular complexity index is 266. The van der Waals surface area contributed by atoms with Crippen molar-refractivity contribution in [1.82, 2.24) is 0 Å². The van der Waals surface area contributed by atoms with Gasteiger partial charge in [-0.25, -0.2) is 0 Å². The van der Waals surface area contributed by atoms with Crippen molar-refractivity contribution in [3.8, 4) is 0 Å². The minimum atomic E-state index is -0.406. The van der Waals surface area contributed by atoms with Gasteiger partial charge in [-0.1, -0.05) is 32.4 Å². The molecular formula is C12H18O3. The Hall–Kier alpha value is -1.12. The Morgan fingerprint density at radius 2 is 2.20 bits per heavy atom. The van der Waals surface area contributed by atoms with E-state index >= 15 is 0 Å². The quantitative estimate of drug-likeness (QED) is 0.303. The lowest BCUT2D eigenvalue weighted by Gasteiger charge is -2.01. The summed E-state index contributed by atoms with van der Waals surface area (Å²) >= 11 is 0. The third kappa shape index (κ3) is 4.28. The number of carbonyl (C=O) groups is 2. The van der Waals surface area contributed by atoms with Gasteiger partial charge in [-0.05, 0) is 18.8 Å². The Morgan fingerprint density at radius 3 is 2.73 bits per heavy atom. The predicted molar refractivity (Wildman–Crippen MR) is 57.0 cm³/mol. The van der Waals surface area contributed by atoms with Gasteiger partial charge in [-0.2, -0.15) is 0 Å². The van der Waals surface area contributed by atoms with Crippen LogP contribution in [0, 0.1) is 11.8 Å². The first-order valence-corrected chi connectivity index (χ1v) is 5.50. The number of esters is 2. The minimum Gasteiger partial charge on any atom is -0.393 e. The van der Waals surface area contributed by atoms with Gasteiger partial charge in [0.05, 0.1) is 12.3 Å². The average molecular weight is 210 g/mol. The van der Waals surface area contributed by atoms with Gasteiger partial charge in [0.25, 0.3) is 0 Å². The van der Waals surface area contributed by atoms with Crippen LogP contribution in [0.3, 0.4) is 0 Å². The molecule has 3 heteroatoms. The van der Waals surface area contributed by atoms with Crippen molar-refractivity contribution in [2.75, 3.05) is 0 Å². The number of carbonyl (C=O) groups excluding carboxylic acids is 2. The van der Waals surface area contributed by atoms with Crippen LogP contribution in [0.5, 0.6) is 0 Å². The van der Waals surface area contributed by atoms with Gasteiger partial charge in [0.2, 0.25) is 0 Å². The predicted octanol–water partition coefficient (Wildman–Crippen LogP) is 2.46. The third-order valence-corrected chi connectivity index (χ3v) is 2.42. The molecule has 1 aliphatic heterocycles. The summed E-state index contributed by atoms with van der Waals surface area (Å²) in [6, 6.07) is 0. The first kappa shape index (κ1) is 12.0. The van der Waals surface area contributed by atoms with E-state index in [0.29, 0.717) is 0 Å². The average Bonchev–Trinajstić information content (AvgIpc) is 2.44. The number of ether oxygens (including phenoxy) is 1. The van der Waals surface area contributed by atoms with Gasteiger partial charge in [-0.3, -0.25) is 9.59 Å². The lowest BCUT2D eigenvalue weighted by molar-refractivity contribution is -0.152. The molecule has 0 saturated carbocycles. The number of unbranched alkanes of at least 4 members (excludes halogenated alkanes) is 1. The highest BCUT2D eigenvalue weighted by molar-refractivity contribution is 5.95. The van der Waals surface area contributed by atoms with Gasteiger partial charge >= 0.3 is 11.9 Å². The van der Waals surface area contributed by atoms with Crippen molar-refractivity contribution in [2.24, 2.45) is 11.8 Å². The van der Waals surface area contributed by atoms with Crippen LogP contribution < -0.4 is 0 Å². The second-order valence-corrected chi connectivity index (χ2v) is 4.36. The van der Waals surface area contributed by atoms with E-state index < -0.39 is 11.9 Å². The molecule has 0 spiro atoms. The number of hydrogen-bond acceptors (Lipinski definition) is 3. The normalized spacial score (nSPS) is 21.7. The molecule has 0 bridgehead atoms. The summed E-state index contributed by atoms with van der Waals surface area (Å²) in [5.74, 6) is -0.426. The van der Waals surface area contributed by atoms with Crippen molar-refractivity contribution in [1.29, 1.82) is 0 Å². The molecule has 1 atom stereocenters. The second-order valence-electron chi connectivity index (χ2n) is 4.36. The van der Waals surface area contributed by atoms with E-state index in [4.69, 9.17) is 0 Å². The Kier molecular flexibility index (Phi) is 4.53. The van der Waals surface area contributed by atoms with Gasteiger partial charge in [-0.15, -0.1) is 0 Å². The van der Waals surface area contributed by atoms with Crippen molar-refractivity contribution < 1.29 is 14.3 Å². The fourth-order valence-corrected chi connectivity index (χ4v) is 1.54. The zero-order valence-corrected chi connectivity index (χ0v) is 9.36. The summed E-state index contributed by atoms with van der Waals surface area (Å²) in [7, 11) is 0.